The summed E-state index contributed by atoms with van der Waals surface area (Å²) in [5.41, 5.74) is -0.0311. The molecule has 0 aliphatic carbocycles. The Bertz CT molecular complexity index is 480. The third kappa shape index (κ3) is 2.28. The molecule has 6 heteroatoms. The highest BCUT2D eigenvalue weighted by molar-refractivity contribution is 5.94. The van der Waals surface area contributed by atoms with Crippen molar-refractivity contribution < 1.29 is 9.59 Å². The van der Waals surface area contributed by atoms with Gasteiger partial charge in [-0.05, 0) is 6.07 Å². The maximum atomic E-state index is 11.7. The molecule has 1 unspecified atom stereocenters. The topological polar surface area (TPSA) is 91.1 Å². The van der Waals surface area contributed by atoms with Crippen LogP contribution in [0.4, 0.5) is 0 Å². The van der Waals surface area contributed by atoms with Crippen molar-refractivity contribution in [1.82, 2.24) is 15.6 Å². The number of H-pyrrole nitrogens is 1. The molecule has 3 N–H and O–H groups in total. The fourth-order valence-electron chi connectivity index (χ4n) is 1.56. The number of carbonyl (C=O) groups is 2. The highest BCUT2D eigenvalue weighted by atomic mass is 16.2. The van der Waals surface area contributed by atoms with Gasteiger partial charge in [-0.2, -0.15) is 0 Å². The number of carbonyl (C=O) groups excluding carboxylic acids is 2. The van der Waals surface area contributed by atoms with Gasteiger partial charge in [-0.3, -0.25) is 14.4 Å². The van der Waals surface area contributed by atoms with E-state index in [0.717, 1.165) is 0 Å². The van der Waals surface area contributed by atoms with Crippen LogP contribution in [0.2, 0.25) is 0 Å². The summed E-state index contributed by atoms with van der Waals surface area (Å²) in [6.45, 7) is 0.438. The first kappa shape index (κ1) is 10.4. The van der Waals surface area contributed by atoms with Crippen LogP contribution in [0, 0.1) is 0 Å². The van der Waals surface area contributed by atoms with E-state index in [-0.39, 0.29) is 29.8 Å². The summed E-state index contributed by atoms with van der Waals surface area (Å²) < 4.78 is 0. The number of aromatic amines is 1. The molecule has 1 aromatic rings. The number of hydrogen-bond donors (Lipinski definition) is 3. The van der Waals surface area contributed by atoms with E-state index in [1.807, 2.05) is 0 Å². The van der Waals surface area contributed by atoms with Gasteiger partial charge in [-0.15, -0.1) is 0 Å². The number of aromatic nitrogens is 1. The summed E-state index contributed by atoms with van der Waals surface area (Å²) in [6, 6.07) is 2.54. The van der Waals surface area contributed by atoms with Crippen molar-refractivity contribution in [2.24, 2.45) is 0 Å². The van der Waals surface area contributed by atoms with E-state index in [0.29, 0.717) is 12.1 Å². The molecular weight excluding hydrogens is 210 g/mol. The molecule has 2 amide bonds. The van der Waals surface area contributed by atoms with Crippen LogP contribution in [0.15, 0.2) is 23.1 Å². The van der Waals surface area contributed by atoms with E-state index in [9.17, 15) is 14.4 Å². The van der Waals surface area contributed by atoms with Gasteiger partial charge in [0.2, 0.25) is 11.5 Å². The Hall–Kier alpha value is -2.11. The lowest BCUT2D eigenvalue weighted by molar-refractivity contribution is -0.119. The van der Waals surface area contributed by atoms with E-state index in [4.69, 9.17) is 0 Å². The first-order valence-corrected chi connectivity index (χ1v) is 4.91. The second-order valence-electron chi connectivity index (χ2n) is 3.62. The summed E-state index contributed by atoms with van der Waals surface area (Å²) in [5.74, 6) is -0.413. The van der Waals surface area contributed by atoms with Crippen LogP contribution in [-0.2, 0) is 4.79 Å². The molecule has 16 heavy (non-hydrogen) atoms. The number of amides is 2. The van der Waals surface area contributed by atoms with Gasteiger partial charge in [0.15, 0.2) is 0 Å². The molecule has 1 atom stereocenters. The van der Waals surface area contributed by atoms with Crippen LogP contribution >= 0.6 is 0 Å². The van der Waals surface area contributed by atoms with E-state index in [1.54, 1.807) is 0 Å². The molecule has 1 aliphatic heterocycles. The number of pyridine rings is 1. The first-order valence-electron chi connectivity index (χ1n) is 4.91. The van der Waals surface area contributed by atoms with Gasteiger partial charge in [0, 0.05) is 30.8 Å². The van der Waals surface area contributed by atoms with Crippen molar-refractivity contribution in [2.75, 3.05) is 6.54 Å². The van der Waals surface area contributed by atoms with E-state index >= 15 is 0 Å². The SMILES string of the molecule is O=C1CC(NC(=O)c2cc[nH]c(=O)c2)CN1. The fourth-order valence-corrected chi connectivity index (χ4v) is 1.56. The van der Waals surface area contributed by atoms with E-state index < -0.39 is 0 Å². The molecule has 1 fully saturated rings. The molecule has 1 aliphatic rings. The van der Waals surface area contributed by atoms with Gasteiger partial charge < -0.3 is 15.6 Å². The zero-order chi connectivity index (χ0) is 11.5. The molecule has 1 aromatic heterocycles. The first-order chi connectivity index (χ1) is 7.65. The maximum absolute atomic E-state index is 11.7. The van der Waals surface area contributed by atoms with E-state index in [1.165, 1.54) is 18.3 Å². The fraction of sp³-hybridized carbons (Fsp3) is 0.300. The Labute approximate surface area is 91.1 Å². The Morgan fingerprint density at radius 2 is 2.25 bits per heavy atom. The standard InChI is InChI=1S/C10H11N3O3/c14-8-3-6(1-2-11-8)10(16)13-7-4-9(15)12-5-7/h1-3,7H,4-5H2,(H,11,14)(H,12,15)(H,13,16). The minimum atomic E-state index is -0.340. The highest BCUT2D eigenvalue weighted by Crippen LogP contribution is 2.01. The van der Waals surface area contributed by atoms with Crippen molar-refractivity contribution in [1.29, 1.82) is 0 Å². The van der Waals surface area contributed by atoms with Crippen molar-refractivity contribution in [3.8, 4) is 0 Å². The smallest absolute Gasteiger partial charge is 0.251 e. The monoisotopic (exact) mass is 221 g/mol. The van der Waals surface area contributed by atoms with Crippen LogP contribution < -0.4 is 16.2 Å². The zero-order valence-electron chi connectivity index (χ0n) is 8.45. The van der Waals surface area contributed by atoms with Crippen LogP contribution in [-0.4, -0.2) is 29.4 Å². The summed E-state index contributed by atoms with van der Waals surface area (Å²) in [7, 11) is 0. The summed E-state index contributed by atoms with van der Waals surface area (Å²) in [6.07, 6.45) is 1.70. The molecule has 1 saturated heterocycles. The number of hydrogen-bond acceptors (Lipinski definition) is 3. The predicted molar refractivity (Wildman–Crippen MR) is 55.9 cm³/mol. The van der Waals surface area contributed by atoms with Gasteiger partial charge in [0.1, 0.15) is 0 Å². The van der Waals surface area contributed by atoms with Gasteiger partial charge in [0.05, 0.1) is 6.04 Å². The second kappa shape index (κ2) is 4.18. The van der Waals surface area contributed by atoms with Crippen LogP contribution in [0.1, 0.15) is 16.8 Å². The summed E-state index contributed by atoms with van der Waals surface area (Å²) in [4.78, 5) is 36.0. The average Bonchev–Trinajstić information content (AvgIpc) is 2.64. The minimum Gasteiger partial charge on any atom is -0.354 e. The summed E-state index contributed by atoms with van der Waals surface area (Å²) in [5, 5.41) is 5.29. The lowest BCUT2D eigenvalue weighted by Crippen LogP contribution is -2.36. The largest absolute Gasteiger partial charge is 0.354 e. The van der Waals surface area contributed by atoms with Crippen molar-refractivity contribution >= 4 is 11.8 Å². The lowest BCUT2D eigenvalue weighted by Gasteiger charge is -2.09. The van der Waals surface area contributed by atoms with Gasteiger partial charge in [-0.1, -0.05) is 0 Å². The van der Waals surface area contributed by atoms with Crippen LogP contribution in [0.25, 0.3) is 0 Å². The Balaban J connectivity index is 2.03. The Morgan fingerprint density at radius 1 is 1.44 bits per heavy atom. The third-order valence-electron chi connectivity index (χ3n) is 2.35. The second-order valence-corrected chi connectivity index (χ2v) is 3.62. The zero-order valence-corrected chi connectivity index (χ0v) is 8.45. The summed E-state index contributed by atoms with van der Waals surface area (Å²) >= 11 is 0. The maximum Gasteiger partial charge on any atom is 0.251 e. The molecule has 84 valence electrons. The van der Waals surface area contributed by atoms with E-state index in [2.05, 4.69) is 15.6 Å². The van der Waals surface area contributed by atoms with Gasteiger partial charge in [0.25, 0.3) is 5.91 Å². The van der Waals surface area contributed by atoms with Crippen molar-refractivity contribution in [3.63, 3.8) is 0 Å². The Kier molecular flexibility index (Phi) is 2.72. The predicted octanol–water partition coefficient (Wildman–Crippen LogP) is -1.01. The normalized spacial score (nSPS) is 19.2. The van der Waals surface area contributed by atoms with Gasteiger partial charge in [-0.25, -0.2) is 0 Å². The average molecular weight is 221 g/mol. The molecule has 0 saturated carbocycles. The van der Waals surface area contributed by atoms with Crippen molar-refractivity contribution in [3.05, 3.63) is 34.2 Å². The molecule has 2 rings (SSSR count). The molecule has 6 nitrogen and oxygen atoms in total. The molecular formula is C10H11N3O3. The lowest BCUT2D eigenvalue weighted by atomic mass is 10.2. The highest BCUT2D eigenvalue weighted by Gasteiger charge is 2.23. The third-order valence-corrected chi connectivity index (χ3v) is 2.35. The molecule has 0 bridgehead atoms. The van der Waals surface area contributed by atoms with Crippen LogP contribution in [0.5, 0.6) is 0 Å². The molecule has 2 heterocycles. The minimum absolute atomic E-state index is 0.0730. The number of rotatable bonds is 2. The number of nitrogens with one attached hydrogen (secondary N) is 3. The quantitative estimate of drug-likeness (QED) is 0.597. The molecule has 0 radical (unpaired) electrons. The molecule has 0 aromatic carbocycles. The van der Waals surface area contributed by atoms with Crippen molar-refractivity contribution in [2.45, 2.75) is 12.5 Å². The Morgan fingerprint density at radius 3 is 2.88 bits per heavy atom. The van der Waals surface area contributed by atoms with Crippen LogP contribution in [0.3, 0.4) is 0 Å². The van der Waals surface area contributed by atoms with Gasteiger partial charge >= 0.3 is 0 Å². The molecule has 0 spiro atoms.